The highest BCUT2D eigenvalue weighted by atomic mass is 32.2. The average Bonchev–Trinajstić information content (AvgIpc) is 3.74. The molecule has 55 heavy (non-hydrogen) atoms. The van der Waals surface area contributed by atoms with E-state index >= 15 is 26.3 Å². The van der Waals surface area contributed by atoms with E-state index in [4.69, 9.17) is 9.47 Å². The zero-order chi connectivity index (χ0) is 39.4. The lowest BCUT2D eigenvalue weighted by Gasteiger charge is -2.52. The number of fused-ring (bicyclic) bond motifs is 4. The molecule has 0 saturated heterocycles. The van der Waals surface area contributed by atoms with Crippen molar-refractivity contribution in [2.75, 3.05) is 0 Å². The largest absolute Gasteiger partial charge is 0.416 e. The van der Waals surface area contributed by atoms with E-state index in [2.05, 4.69) is 0 Å². The predicted molar refractivity (Wildman–Crippen MR) is 184 cm³/mol. The smallest absolute Gasteiger partial charge is 0.352 e. The van der Waals surface area contributed by atoms with Crippen LogP contribution < -0.4 is 0 Å². The first-order valence-electron chi connectivity index (χ1n) is 17.9. The van der Waals surface area contributed by atoms with Crippen molar-refractivity contribution < 1.29 is 62.2 Å². The first-order chi connectivity index (χ1) is 25.7. The fourth-order valence-corrected chi connectivity index (χ4v) is 11.6. The Balaban J connectivity index is 1.41. The standard InChI is InChI=1S/C39H32F12O2S2/c40-33(41)31-27-19-29(21-11-15-23(16-12-21)37(44,45)46)54-35(27,52-25-7-3-1-4-8-25)36(53-26-9-5-2-6-10-26)28(32(31)34(42,43)39(33,50)51)20-30(55-36)22-13-17-24(18-14-22)38(47,48)49/h11-20,25-26H,1-10H2. The molecule has 0 bridgehead atoms. The fraction of sp³-hybridized carbons (Fsp3) is 0.487. The highest BCUT2D eigenvalue weighted by Gasteiger charge is 2.86. The van der Waals surface area contributed by atoms with E-state index in [1.165, 1.54) is 0 Å². The number of benzene rings is 2. The molecule has 0 N–H and O–H groups in total. The number of alkyl halides is 12. The van der Waals surface area contributed by atoms with Gasteiger partial charge in [0, 0.05) is 32.1 Å². The monoisotopic (exact) mass is 824 g/mol. The van der Waals surface area contributed by atoms with E-state index in [0.717, 1.165) is 97.0 Å². The highest BCUT2D eigenvalue weighted by Crippen LogP contribution is 2.76. The van der Waals surface area contributed by atoms with Crippen LogP contribution in [-0.2, 0) is 21.8 Å². The second kappa shape index (κ2) is 13.1. The van der Waals surface area contributed by atoms with Crippen LogP contribution in [0.25, 0.3) is 9.81 Å². The van der Waals surface area contributed by atoms with Crippen LogP contribution in [0.1, 0.15) is 86.5 Å². The van der Waals surface area contributed by atoms with Gasteiger partial charge in [0.05, 0.1) is 23.3 Å². The number of ether oxygens (including phenoxy) is 2. The molecular weight excluding hydrogens is 793 g/mol. The number of hydrogen-bond acceptors (Lipinski definition) is 4. The Bertz CT molecular complexity index is 1840. The molecule has 2 unspecified atom stereocenters. The van der Waals surface area contributed by atoms with E-state index in [1.54, 1.807) is 0 Å². The summed E-state index contributed by atoms with van der Waals surface area (Å²) in [5, 5.41) is 0. The van der Waals surface area contributed by atoms with Crippen molar-refractivity contribution in [3.8, 4) is 0 Å². The molecule has 296 valence electrons. The maximum absolute atomic E-state index is 16.4. The van der Waals surface area contributed by atoms with E-state index < -0.39 is 85.6 Å². The summed E-state index contributed by atoms with van der Waals surface area (Å²) >= 11 is 1.47. The summed E-state index contributed by atoms with van der Waals surface area (Å²) in [4.78, 5) is -4.57. The van der Waals surface area contributed by atoms with Gasteiger partial charge in [0.25, 0.3) is 0 Å². The summed E-state index contributed by atoms with van der Waals surface area (Å²) in [6.45, 7) is 0. The normalized spacial score (nSPS) is 29.2. The van der Waals surface area contributed by atoms with Gasteiger partial charge in [-0.25, -0.2) is 0 Å². The van der Waals surface area contributed by atoms with Gasteiger partial charge in [0.2, 0.25) is 0 Å². The first kappa shape index (κ1) is 39.0. The second-order valence-electron chi connectivity index (χ2n) is 14.7. The van der Waals surface area contributed by atoms with Crippen LogP contribution in [0.2, 0.25) is 0 Å². The molecular formula is C39H32F12O2S2. The lowest BCUT2D eigenvalue weighted by atomic mass is 9.79. The molecule has 8 rings (SSSR count). The summed E-state index contributed by atoms with van der Waals surface area (Å²) in [6, 6.07) is 7.34. The number of rotatable bonds is 6. The van der Waals surface area contributed by atoms with Crippen LogP contribution in [0.15, 0.2) is 83.0 Å². The zero-order valence-electron chi connectivity index (χ0n) is 28.7. The maximum Gasteiger partial charge on any atom is 0.416 e. The van der Waals surface area contributed by atoms with Crippen molar-refractivity contribution in [3.63, 3.8) is 0 Å². The SMILES string of the molecule is FC(F)(F)c1ccc(C2=CC3=C4C(=C5C=C(c6ccc(C(F)(F)F)cc6)SC5(OC5CCCCC5)C3(OC3CCCCC3)S2)C(F)(F)C(F)(F)C4(F)F)cc1. The van der Waals surface area contributed by atoms with Crippen molar-refractivity contribution in [2.24, 2.45) is 0 Å². The third-order valence-electron chi connectivity index (χ3n) is 11.2. The molecule has 2 aliphatic heterocycles. The number of thioether (sulfide) groups is 2. The fourth-order valence-electron chi connectivity index (χ4n) is 8.42. The number of hydrogen-bond donors (Lipinski definition) is 0. The Morgan fingerprint density at radius 1 is 0.491 bits per heavy atom. The minimum Gasteiger partial charge on any atom is -0.352 e. The molecule has 0 spiro atoms. The molecule has 4 aliphatic carbocycles. The lowest BCUT2D eigenvalue weighted by molar-refractivity contribution is -0.258. The Morgan fingerprint density at radius 3 is 1.13 bits per heavy atom. The van der Waals surface area contributed by atoms with Crippen LogP contribution in [0.3, 0.4) is 0 Å². The van der Waals surface area contributed by atoms with Crippen molar-refractivity contribution in [1.29, 1.82) is 0 Å². The second-order valence-corrected chi connectivity index (χ2v) is 17.1. The molecule has 3 saturated carbocycles. The summed E-state index contributed by atoms with van der Waals surface area (Å²) < 4.78 is 192. The van der Waals surface area contributed by atoms with E-state index in [-0.39, 0.29) is 20.9 Å². The molecule has 3 fully saturated rings. The summed E-state index contributed by atoms with van der Waals surface area (Å²) in [7, 11) is 0. The van der Waals surface area contributed by atoms with E-state index in [0.29, 0.717) is 51.4 Å². The molecule has 0 aromatic heterocycles. The molecule has 2 heterocycles. The van der Waals surface area contributed by atoms with Gasteiger partial charge in [-0.05, 0) is 73.2 Å². The molecule has 2 aromatic rings. The molecule has 2 atom stereocenters. The molecule has 2 nitrogen and oxygen atoms in total. The van der Waals surface area contributed by atoms with Gasteiger partial charge in [-0.15, -0.1) is 0 Å². The van der Waals surface area contributed by atoms with Gasteiger partial charge >= 0.3 is 30.1 Å². The summed E-state index contributed by atoms with van der Waals surface area (Å²) in [5.41, 5.74) is -6.65. The third-order valence-corrected chi connectivity index (χ3v) is 14.2. The zero-order valence-corrected chi connectivity index (χ0v) is 30.3. The topological polar surface area (TPSA) is 18.5 Å². The van der Waals surface area contributed by atoms with Crippen LogP contribution in [0, 0.1) is 0 Å². The lowest BCUT2D eigenvalue weighted by Crippen LogP contribution is -2.59. The van der Waals surface area contributed by atoms with Gasteiger partial charge < -0.3 is 9.47 Å². The highest BCUT2D eigenvalue weighted by molar-refractivity contribution is 8.14. The van der Waals surface area contributed by atoms with Gasteiger partial charge in [-0.1, -0.05) is 86.3 Å². The summed E-state index contributed by atoms with van der Waals surface area (Å²) in [6.07, 6.45) is -2.97. The van der Waals surface area contributed by atoms with Crippen LogP contribution in [0.5, 0.6) is 0 Å². The Morgan fingerprint density at radius 2 is 0.818 bits per heavy atom. The Kier molecular flexibility index (Phi) is 9.30. The van der Waals surface area contributed by atoms with Crippen LogP contribution >= 0.6 is 23.5 Å². The molecule has 6 aliphatic rings. The molecule has 16 heteroatoms. The Hall–Kier alpha value is -2.82. The predicted octanol–water partition coefficient (Wildman–Crippen LogP) is 13.2. The minimum atomic E-state index is -5.94. The van der Waals surface area contributed by atoms with Crippen molar-refractivity contribution >= 4 is 33.3 Å². The molecule has 0 radical (unpaired) electrons. The number of allylic oxidation sites excluding steroid dienone is 2. The van der Waals surface area contributed by atoms with Crippen molar-refractivity contribution in [2.45, 2.75) is 116 Å². The quantitative estimate of drug-likeness (QED) is 0.270. The Labute approximate surface area is 316 Å². The van der Waals surface area contributed by atoms with Gasteiger partial charge in [0.1, 0.15) is 0 Å². The number of halogens is 12. The third kappa shape index (κ3) is 5.95. The van der Waals surface area contributed by atoms with Crippen molar-refractivity contribution in [3.05, 3.63) is 105 Å². The maximum atomic E-state index is 16.4. The molecule has 0 amide bonds. The van der Waals surface area contributed by atoms with E-state index in [1.807, 2.05) is 0 Å². The summed E-state index contributed by atoms with van der Waals surface area (Å²) in [5.74, 6) is -16.9. The average molecular weight is 825 g/mol. The minimum absolute atomic E-state index is 0.00262. The van der Waals surface area contributed by atoms with Crippen LogP contribution in [-0.4, -0.2) is 39.8 Å². The van der Waals surface area contributed by atoms with Gasteiger partial charge in [0.15, 0.2) is 9.87 Å². The molecule has 2 aromatic carbocycles. The van der Waals surface area contributed by atoms with Gasteiger partial charge in [-0.2, -0.15) is 52.7 Å². The van der Waals surface area contributed by atoms with Crippen LogP contribution in [0.4, 0.5) is 52.7 Å². The van der Waals surface area contributed by atoms with Crippen molar-refractivity contribution in [1.82, 2.24) is 0 Å². The van der Waals surface area contributed by atoms with Gasteiger partial charge in [-0.3, -0.25) is 0 Å². The first-order valence-corrected chi connectivity index (χ1v) is 19.5. The van der Waals surface area contributed by atoms with E-state index in [9.17, 15) is 26.3 Å².